The van der Waals surface area contributed by atoms with Crippen molar-refractivity contribution in [3.8, 4) is 5.75 Å². The average Bonchev–Trinajstić information content (AvgIpc) is 3.01. The lowest BCUT2D eigenvalue weighted by atomic mass is 9.76. The molecule has 2 aromatic rings. The number of nitrogens with zero attached hydrogens (tertiary/aromatic N) is 1. The lowest BCUT2D eigenvalue weighted by Crippen LogP contribution is -2.47. The number of imide groups is 1. The zero-order valence-corrected chi connectivity index (χ0v) is 19.4. The Morgan fingerprint density at radius 3 is 2.58 bits per heavy atom. The number of carbonyl (C=O) groups excluding carboxylic acids is 3. The van der Waals surface area contributed by atoms with E-state index in [2.05, 4.69) is 31.4 Å². The molecule has 1 spiro atoms. The number of rotatable bonds is 6. The number of amides is 4. The summed E-state index contributed by atoms with van der Waals surface area (Å²) in [7, 11) is 0. The SMILES string of the molecule is CC(C)(C)c1ccc(OCCNC(=O)CN2C(=O)NC3(CCCc4ccccc43)C2=O)cc1. The lowest BCUT2D eigenvalue weighted by molar-refractivity contribution is -0.135. The van der Waals surface area contributed by atoms with Crippen LogP contribution >= 0.6 is 0 Å². The van der Waals surface area contributed by atoms with Gasteiger partial charge in [-0.25, -0.2) is 4.79 Å². The fourth-order valence-corrected chi connectivity index (χ4v) is 4.57. The topological polar surface area (TPSA) is 87.7 Å². The average molecular weight is 450 g/mol. The molecule has 33 heavy (non-hydrogen) atoms. The number of nitrogens with one attached hydrogen (secondary N) is 2. The molecule has 0 aromatic heterocycles. The summed E-state index contributed by atoms with van der Waals surface area (Å²) < 4.78 is 5.69. The molecule has 2 aromatic carbocycles. The first-order chi connectivity index (χ1) is 15.7. The summed E-state index contributed by atoms with van der Waals surface area (Å²) in [6.07, 6.45) is 2.21. The molecule has 0 saturated carbocycles. The molecule has 2 N–H and O–H groups in total. The molecule has 2 aliphatic rings. The third-order valence-corrected chi connectivity index (χ3v) is 6.37. The van der Waals surface area contributed by atoms with Gasteiger partial charge in [-0.1, -0.05) is 57.2 Å². The van der Waals surface area contributed by atoms with Crippen molar-refractivity contribution in [2.75, 3.05) is 19.7 Å². The third kappa shape index (κ3) is 4.58. The Balaban J connectivity index is 1.30. The van der Waals surface area contributed by atoms with Crippen LogP contribution in [-0.4, -0.2) is 42.4 Å². The number of carbonyl (C=O) groups is 3. The Morgan fingerprint density at radius 1 is 1.12 bits per heavy atom. The molecule has 174 valence electrons. The van der Waals surface area contributed by atoms with Crippen LogP contribution in [0.4, 0.5) is 4.79 Å². The normalized spacial score (nSPS) is 19.9. The van der Waals surface area contributed by atoms with Crippen molar-refractivity contribution >= 4 is 17.8 Å². The van der Waals surface area contributed by atoms with Gasteiger partial charge in [-0.05, 0) is 53.5 Å². The molecule has 1 heterocycles. The standard InChI is InChI=1S/C26H31N3O4/c1-25(2,3)19-10-12-20(13-11-19)33-16-15-27-22(30)17-29-23(31)26(28-24(29)32)14-6-8-18-7-4-5-9-21(18)26/h4-5,7,9-13H,6,8,14-17H2,1-3H3,(H,27,30)(H,28,32). The van der Waals surface area contributed by atoms with Crippen LogP contribution in [0.2, 0.25) is 0 Å². The third-order valence-electron chi connectivity index (χ3n) is 6.37. The van der Waals surface area contributed by atoms with Gasteiger partial charge in [-0.15, -0.1) is 0 Å². The summed E-state index contributed by atoms with van der Waals surface area (Å²) in [5, 5.41) is 5.60. The molecular formula is C26H31N3O4. The van der Waals surface area contributed by atoms with Crippen molar-refractivity contribution in [2.24, 2.45) is 0 Å². The zero-order valence-electron chi connectivity index (χ0n) is 19.4. The number of benzene rings is 2. The van der Waals surface area contributed by atoms with Crippen LogP contribution in [0.1, 0.15) is 50.3 Å². The van der Waals surface area contributed by atoms with Crippen LogP contribution in [0.25, 0.3) is 0 Å². The predicted octanol–water partition coefficient (Wildman–Crippen LogP) is 3.26. The van der Waals surface area contributed by atoms with Gasteiger partial charge >= 0.3 is 6.03 Å². The molecule has 1 saturated heterocycles. The van der Waals surface area contributed by atoms with E-state index in [1.54, 1.807) is 0 Å². The predicted molar refractivity (Wildman–Crippen MR) is 125 cm³/mol. The maximum Gasteiger partial charge on any atom is 0.325 e. The number of hydrogen-bond acceptors (Lipinski definition) is 4. The second-order valence-electron chi connectivity index (χ2n) is 9.71. The Hall–Kier alpha value is -3.35. The molecular weight excluding hydrogens is 418 g/mol. The first kappa shape index (κ1) is 22.8. The van der Waals surface area contributed by atoms with E-state index in [1.165, 1.54) is 5.56 Å². The molecule has 4 rings (SSSR count). The second-order valence-corrected chi connectivity index (χ2v) is 9.71. The summed E-state index contributed by atoms with van der Waals surface area (Å²) in [5.74, 6) is -0.0273. The van der Waals surface area contributed by atoms with E-state index in [0.29, 0.717) is 6.42 Å². The van der Waals surface area contributed by atoms with Gasteiger partial charge in [0.25, 0.3) is 5.91 Å². The zero-order chi connectivity index (χ0) is 23.6. The van der Waals surface area contributed by atoms with Crippen LogP contribution in [-0.2, 0) is 27.0 Å². The molecule has 0 radical (unpaired) electrons. The van der Waals surface area contributed by atoms with Gasteiger partial charge in [-0.3, -0.25) is 14.5 Å². The molecule has 1 fully saturated rings. The highest BCUT2D eigenvalue weighted by Crippen LogP contribution is 2.39. The van der Waals surface area contributed by atoms with E-state index in [-0.39, 0.29) is 31.0 Å². The van der Waals surface area contributed by atoms with E-state index in [9.17, 15) is 14.4 Å². The molecule has 1 aliphatic carbocycles. The highest BCUT2D eigenvalue weighted by Gasteiger charge is 2.54. The monoisotopic (exact) mass is 449 g/mol. The van der Waals surface area contributed by atoms with E-state index in [4.69, 9.17) is 4.74 Å². The first-order valence-electron chi connectivity index (χ1n) is 11.4. The Kier molecular flexibility index (Phi) is 6.15. The van der Waals surface area contributed by atoms with E-state index in [0.717, 1.165) is 34.6 Å². The van der Waals surface area contributed by atoms with Gasteiger partial charge in [0.15, 0.2) is 0 Å². The number of urea groups is 1. The Labute approximate surface area is 194 Å². The molecule has 7 nitrogen and oxygen atoms in total. The summed E-state index contributed by atoms with van der Waals surface area (Å²) in [6.45, 7) is 6.71. The van der Waals surface area contributed by atoms with Crippen molar-refractivity contribution in [3.63, 3.8) is 0 Å². The van der Waals surface area contributed by atoms with Crippen molar-refractivity contribution in [1.29, 1.82) is 0 Å². The smallest absolute Gasteiger partial charge is 0.325 e. The first-order valence-corrected chi connectivity index (χ1v) is 11.4. The van der Waals surface area contributed by atoms with Crippen LogP contribution < -0.4 is 15.4 Å². The Bertz CT molecular complexity index is 1060. The molecule has 1 unspecified atom stereocenters. The minimum atomic E-state index is -1.06. The van der Waals surface area contributed by atoms with Crippen LogP contribution in [0.15, 0.2) is 48.5 Å². The minimum Gasteiger partial charge on any atom is -0.492 e. The van der Waals surface area contributed by atoms with Crippen LogP contribution in [0, 0.1) is 0 Å². The quantitative estimate of drug-likeness (QED) is 0.523. The maximum atomic E-state index is 13.2. The number of hydrogen-bond donors (Lipinski definition) is 2. The van der Waals surface area contributed by atoms with E-state index in [1.807, 2.05) is 48.5 Å². The summed E-state index contributed by atoms with van der Waals surface area (Å²) >= 11 is 0. The van der Waals surface area contributed by atoms with Crippen molar-refractivity contribution < 1.29 is 19.1 Å². The van der Waals surface area contributed by atoms with Crippen LogP contribution in [0.5, 0.6) is 5.75 Å². The summed E-state index contributed by atoms with van der Waals surface area (Å²) in [6, 6.07) is 15.1. The second kappa shape index (κ2) is 8.89. The molecule has 0 bridgehead atoms. The Morgan fingerprint density at radius 2 is 1.85 bits per heavy atom. The van der Waals surface area contributed by atoms with E-state index < -0.39 is 17.5 Å². The van der Waals surface area contributed by atoms with Gasteiger partial charge in [0.05, 0.1) is 6.54 Å². The van der Waals surface area contributed by atoms with E-state index >= 15 is 0 Å². The number of aryl methyl sites for hydroxylation is 1. The van der Waals surface area contributed by atoms with Crippen molar-refractivity contribution in [3.05, 3.63) is 65.2 Å². The fourth-order valence-electron chi connectivity index (χ4n) is 4.57. The molecule has 7 heteroatoms. The number of ether oxygens (including phenoxy) is 1. The van der Waals surface area contributed by atoms with Gasteiger partial charge in [0, 0.05) is 0 Å². The molecule has 1 atom stereocenters. The summed E-state index contributed by atoms with van der Waals surface area (Å²) in [5.41, 5.74) is 2.13. The largest absolute Gasteiger partial charge is 0.492 e. The van der Waals surface area contributed by atoms with Gasteiger partial charge in [0.1, 0.15) is 24.4 Å². The lowest BCUT2D eigenvalue weighted by Gasteiger charge is -2.33. The van der Waals surface area contributed by atoms with Gasteiger partial charge < -0.3 is 15.4 Å². The van der Waals surface area contributed by atoms with Crippen LogP contribution in [0.3, 0.4) is 0 Å². The molecule has 1 aliphatic heterocycles. The minimum absolute atomic E-state index is 0.0735. The highest BCUT2D eigenvalue weighted by molar-refractivity contribution is 6.09. The fraction of sp³-hybridized carbons (Fsp3) is 0.423. The van der Waals surface area contributed by atoms with Gasteiger partial charge in [-0.2, -0.15) is 0 Å². The summed E-state index contributed by atoms with van der Waals surface area (Å²) in [4.78, 5) is 39.3. The maximum absolute atomic E-state index is 13.2. The van der Waals surface area contributed by atoms with Crippen molar-refractivity contribution in [2.45, 2.75) is 51.0 Å². The molecule has 4 amide bonds. The highest BCUT2D eigenvalue weighted by atomic mass is 16.5. The number of fused-ring (bicyclic) bond motifs is 2. The van der Waals surface area contributed by atoms with Gasteiger partial charge in [0.2, 0.25) is 5.91 Å². The van der Waals surface area contributed by atoms with Crippen molar-refractivity contribution in [1.82, 2.24) is 15.5 Å².